The van der Waals surface area contributed by atoms with Gasteiger partial charge in [0.1, 0.15) is 0 Å². The average Bonchev–Trinajstić information content (AvgIpc) is 2.26. The highest BCUT2D eigenvalue weighted by molar-refractivity contribution is 9.10. The van der Waals surface area contributed by atoms with Crippen LogP contribution < -0.4 is 5.32 Å². The van der Waals surface area contributed by atoms with Gasteiger partial charge >= 0.3 is 0 Å². The summed E-state index contributed by atoms with van der Waals surface area (Å²) in [6.07, 6.45) is 0. The number of benzene rings is 1. The first-order valence-corrected chi connectivity index (χ1v) is 8.88. The number of amides is 1. The lowest BCUT2D eigenvalue weighted by molar-refractivity contribution is 0.0905. The molecule has 1 aromatic carbocycles. The molecular formula is C11H12BrCl2NO4S. The molecular weight excluding hydrogens is 393 g/mol. The Labute approximate surface area is 135 Å². The number of hydrogen-bond acceptors (Lipinski definition) is 4. The van der Waals surface area contributed by atoms with E-state index in [0.29, 0.717) is 6.61 Å². The third kappa shape index (κ3) is 4.60. The first kappa shape index (κ1) is 17.7. The Bertz CT molecular complexity index is 621. The molecule has 20 heavy (non-hydrogen) atoms. The van der Waals surface area contributed by atoms with Crippen LogP contribution in [0.2, 0.25) is 5.02 Å². The number of carbonyl (C=O) groups excluding carboxylic acids is 1. The fraction of sp³-hybridized carbons (Fsp3) is 0.364. The summed E-state index contributed by atoms with van der Waals surface area (Å²) in [5, 5.41) is 2.75. The summed E-state index contributed by atoms with van der Waals surface area (Å²) >= 11 is 8.99. The second-order valence-corrected chi connectivity index (χ2v) is 7.83. The Morgan fingerprint density at radius 3 is 2.60 bits per heavy atom. The Balaban J connectivity index is 3.16. The number of hydrogen-bond donors (Lipinski definition) is 1. The van der Waals surface area contributed by atoms with E-state index in [4.69, 9.17) is 27.0 Å². The SMILES string of the molecule is COCC(C)NC(=O)c1cc(S(=O)(=O)Cl)c(Br)cc1Cl. The van der Waals surface area contributed by atoms with Gasteiger partial charge in [0.05, 0.1) is 22.1 Å². The Hall–Kier alpha value is -0.340. The molecule has 1 rings (SSSR count). The molecule has 0 saturated heterocycles. The normalized spacial score (nSPS) is 13.1. The van der Waals surface area contributed by atoms with E-state index in [1.54, 1.807) is 6.92 Å². The zero-order valence-corrected chi connectivity index (χ0v) is 14.5. The second-order valence-electron chi connectivity index (χ2n) is 4.03. The van der Waals surface area contributed by atoms with Gasteiger partial charge in [0.2, 0.25) is 0 Å². The molecule has 1 unspecified atom stereocenters. The van der Waals surface area contributed by atoms with E-state index in [1.165, 1.54) is 13.2 Å². The van der Waals surface area contributed by atoms with Gasteiger partial charge in [-0.3, -0.25) is 4.79 Å². The van der Waals surface area contributed by atoms with Crippen LogP contribution in [0.25, 0.3) is 0 Å². The molecule has 0 saturated carbocycles. The van der Waals surface area contributed by atoms with Crippen LogP contribution in [0.3, 0.4) is 0 Å². The predicted molar refractivity (Wildman–Crippen MR) is 81.0 cm³/mol. The Kier molecular flexibility index (Phi) is 6.27. The summed E-state index contributed by atoms with van der Waals surface area (Å²) < 4.78 is 27.9. The molecule has 0 heterocycles. The van der Waals surface area contributed by atoms with Crippen molar-refractivity contribution in [2.45, 2.75) is 17.9 Å². The van der Waals surface area contributed by atoms with E-state index < -0.39 is 15.0 Å². The highest BCUT2D eigenvalue weighted by Gasteiger charge is 2.21. The summed E-state index contributed by atoms with van der Waals surface area (Å²) in [6, 6.07) is 2.19. The maximum atomic E-state index is 12.0. The van der Waals surface area contributed by atoms with Gasteiger partial charge in [-0.25, -0.2) is 8.42 Å². The van der Waals surface area contributed by atoms with E-state index in [9.17, 15) is 13.2 Å². The van der Waals surface area contributed by atoms with E-state index in [1.807, 2.05) is 0 Å². The fourth-order valence-corrected chi connectivity index (χ4v) is 4.06. The zero-order valence-electron chi connectivity index (χ0n) is 10.6. The van der Waals surface area contributed by atoms with Crippen molar-refractivity contribution >= 4 is 53.2 Å². The summed E-state index contributed by atoms with van der Waals surface area (Å²) in [6.45, 7) is 2.06. The molecule has 112 valence electrons. The van der Waals surface area contributed by atoms with Crippen LogP contribution in [-0.4, -0.2) is 34.1 Å². The van der Waals surface area contributed by atoms with Crippen molar-refractivity contribution in [1.29, 1.82) is 0 Å². The summed E-state index contributed by atoms with van der Waals surface area (Å²) in [5.74, 6) is -0.506. The van der Waals surface area contributed by atoms with Crippen LogP contribution in [0, 0.1) is 0 Å². The van der Waals surface area contributed by atoms with E-state index in [-0.39, 0.29) is 26.0 Å². The van der Waals surface area contributed by atoms with Crippen molar-refractivity contribution < 1.29 is 17.9 Å². The third-order valence-corrected chi connectivity index (χ3v) is 4.92. The van der Waals surface area contributed by atoms with Gasteiger partial charge < -0.3 is 10.1 Å². The molecule has 0 aliphatic carbocycles. The van der Waals surface area contributed by atoms with Crippen molar-refractivity contribution in [1.82, 2.24) is 5.32 Å². The van der Waals surface area contributed by atoms with E-state index in [0.717, 1.165) is 6.07 Å². The standard InChI is InChI=1S/C11H12BrCl2NO4S/c1-6(5-19-2)15-11(16)7-3-10(20(14,17)18)8(12)4-9(7)13/h3-4,6H,5H2,1-2H3,(H,15,16). The van der Waals surface area contributed by atoms with E-state index >= 15 is 0 Å². The van der Waals surface area contributed by atoms with Gasteiger partial charge in [-0.15, -0.1) is 0 Å². The molecule has 0 aliphatic heterocycles. The van der Waals surface area contributed by atoms with Crippen molar-refractivity contribution in [2.24, 2.45) is 0 Å². The Morgan fingerprint density at radius 1 is 1.50 bits per heavy atom. The van der Waals surface area contributed by atoms with Gasteiger partial charge in [-0.05, 0) is 35.0 Å². The number of ether oxygens (including phenoxy) is 1. The van der Waals surface area contributed by atoms with Gasteiger partial charge in [-0.2, -0.15) is 0 Å². The highest BCUT2D eigenvalue weighted by atomic mass is 79.9. The quantitative estimate of drug-likeness (QED) is 0.765. The molecule has 5 nitrogen and oxygen atoms in total. The number of nitrogens with one attached hydrogen (secondary N) is 1. The van der Waals surface area contributed by atoms with Crippen LogP contribution in [0.4, 0.5) is 0 Å². The molecule has 0 aliphatic rings. The molecule has 1 amide bonds. The van der Waals surface area contributed by atoms with Gasteiger partial charge in [-0.1, -0.05) is 11.6 Å². The molecule has 0 fully saturated rings. The minimum atomic E-state index is -3.98. The molecule has 9 heteroatoms. The fourth-order valence-electron chi connectivity index (χ4n) is 1.48. The molecule has 1 aromatic rings. The van der Waals surface area contributed by atoms with Crippen molar-refractivity contribution in [3.05, 3.63) is 27.2 Å². The number of carbonyl (C=O) groups is 1. The molecule has 1 N–H and O–H groups in total. The first-order chi connectivity index (χ1) is 9.16. The van der Waals surface area contributed by atoms with Crippen molar-refractivity contribution in [3.8, 4) is 0 Å². The topological polar surface area (TPSA) is 72.5 Å². The number of rotatable bonds is 5. The minimum absolute atomic E-state index is 0.0250. The maximum Gasteiger partial charge on any atom is 0.262 e. The molecule has 0 radical (unpaired) electrons. The molecule has 0 aromatic heterocycles. The second kappa shape index (κ2) is 7.09. The summed E-state index contributed by atoms with van der Waals surface area (Å²) in [7, 11) is 2.82. The third-order valence-electron chi connectivity index (χ3n) is 2.32. The average molecular weight is 405 g/mol. The summed E-state index contributed by atoms with van der Waals surface area (Å²) in [5.41, 5.74) is 0.0250. The predicted octanol–water partition coefficient (Wildman–Crippen LogP) is 2.79. The van der Waals surface area contributed by atoms with Crippen molar-refractivity contribution in [2.75, 3.05) is 13.7 Å². The first-order valence-electron chi connectivity index (χ1n) is 5.40. The number of methoxy groups -OCH3 is 1. The van der Waals surface area contributed by atoms with Crippen molar-refractivity contribution in [3.63, 3.8) is 0 Å². The van der Waals surface area contributed by atoms with Gasteiger partial charge in [0, 0.05) is 28.3 Å². The number of halogens is 3. The molecule has 0 bridgehead atoms. The smallest absolute Gasteiger partial charge is 0.262 e. The minimum Gasteiger partial charge on any atom is -0.383 e. The molecule has 1 atom stereocenters. The van der Waals surface area contributed by atoms with Crippen LogP contribution in [0.15, 0.2) is 21.5 Å². The monoisotopic (exact) mass is 403 g/mol. The highest BCUT2D eigenvalue weighted by Crippen LogP contribution is 2.31. The lowest BCUT2D eigenvalue weighted by Gasteiger charge is -2.14. The summed E-state index contributed by atoms with van der Waals surface area (Å²) in [4.78, 5) is 11.8. The van der Waals surface area contributed by atoms with Crippen LogP contribution in [0.5, 0.6) is 0 Å². The van der Waals surface area contributed by atoms with Gasteiger partial charge in [0.15, 0.2) is 0 Å². The van der Waals surface area contributed by atoms with Crippen LogP contribution >= 0.6 is 38.2 Å². The van der Waals surface area contributed by atoms with Crippen LogP contribution in [-0.2, 0) is 13.8 Å². The van der Waals surface area contributed by atoms with Crippen LogP contribution in [0.1, 0.15) is 17.3 Å². The van der Waals surface area contributed by atoms with Gasteiger partial charge in [0.25, 0.3) is 15.0 Å². The van der Waals surface area contributed by atoms with E-state index in [2.05, 4.69) is 21.2 Å². The largest absolute Gasteiger partial charge is 0.383 e. The zero-order chi connectivity index (χ0) is 15.5. The molecule has 0 spiro atoms. The maximum absolute atomic E-state index is 12.0. The lowest BCUT2D eigenvalue weighted by atomic mass is 10.2. The lowest BCUT2D eigenvalue weighted by Crippen LogP contribution is -2.35. The Morgan fingerprint density at radius 2 is 2.10 bits per heavy atom.